The molecule has 3 rings (SSSR count). The van der Waals surface area contributed by atoms with Gasteiger partial charge in [-0.05, 0) is 48.0 Å². The SMILES string of the molecule is Nc1cc(Nc2nc(Cl)nc(Nc3cccc(S(=O)(=O)O)c3)n2)ccc1S(=O)(=O)O. The standard InChI is InChI=1S/C15H13ClN6O6S2/c16-13-20-14(18-8-2-1-3-10(6-8)29(23,24)25)22-15(21-13)19-9-4-5-12(11(17)7-9)30(26,27)28/h1-7H,17H2,(H,23,24,25)(H,26,27,28)(H2,18,19,20,21,22). The quantitative estimate of drug-likeness (QED) is 0.259. The molecule has 1 aromatic heterocycles. The number of anilines is 5. The van der Waals surface area contributed by atoms with Gasteiger partial charge in [-0.25, -0.2) is 0 Å². The maximum atomic E-state index is 11.3. The lowest BCUT2D eigenvalue weighted by molar-refractivity contribution is 0.481. The van der Waals surface area contributed by atoms with Gasteiger partial charge in [0.05, 0.1) is 10.6 Å². The van der Waals surface area contributed by atoms with Crippen LogP contribution < -0.4 is 16.4 Å². The first-order chi connectivity index (χ1) is 13.9. The molecule has 0 atom stereocenters. The van der Waals surface area contributed by atoms with Gasteiger partial charge in [0.2, 0.25) is 17.2 Å². The van der Waals surface area contributed by atoms with E-state index in [0.29, 0.717) is 5.69 Å². The molecule has 2 aromatic carbocycles. The molecule has 0 bridgehead atoms. The van der Waals surface area contributed by atoms with Crippen molar-refractivity contribution in [2.45, 2.75) is 9.79 Å². The minimum atomic E-state index is -4.47. The third kappa shape index (κ3) is 5.31. The van der Waals surface area contributed by atoms with Gasteiger partial charge in [-0.3, -0.25) is 9.11 Å². The van der Waals surface area contributed by atoms with E-state index in [2.05, 4.69) is 25.6 Å². The summed E-state index contributed by atoms with van der Waals surface area (Å²) in [6.07, 6.45) is 0. The molecule has 0 spiro atoms. The number of benzene rings is 2. The van der Waals surface area contributed by atoms with E-state index in [1.54, 1.807) is 0 Å². The highest BCUT2D eigenvalue weighted by molar-refractivity contribution is 7.86. The van der Waals surface area contributed by atoms with Crippen molar-refractivity contribution in [1.82, 2.24) is 15.0 Å². The number of nitrogens with zero attached hydrogens (tertiary/aromatic N) is 3. The zero-order chi connectivity index (χ0) is 22.1. The Bertz CT molecular complexity index is 1330. The van der Waals surface area contributed by atoms with E-state index in [4.69, 9.17) is 26.4 Å². The minimum absolute atomic E-state index is 0.0394. The topological polar surface area (TPSA) is 197 Å². The third-order valence-electron chi connectivity index (χ3n) is 3.54. The number of aromatic nitrogens is 3. The average Bonchev–Trinajstić information content (AvgIpc) is 2.59. The summed E-state index contributed by atoms with van der Waals surface area (Å²) in [5.74, 6) is -0.0880. The summed E-state index contributed by atoms with van der Waals surface area (Å²) in [5, 5.41) is 5.27. The molecule has 0 aliphatic rings. The molecule has 6 N–H and O–H groups in total. The van der Waals surface area contributed by atoms with Gasteiger partial charge in [0, 0.05) is 11.4 Å². The fraction of sp³-hybridized carbons (Fsp3) is 0. The lowest BCUT2D eigenvalue weighted by Gasteiger charge is -2.10. The predicted octanol–water partition coefficient (Wildman–Crippen LogP) is 2.09. The number of rotatable bonds is 6. The van der Waals surface area contributed by atoms with Gasteiger partial charge in [0.15, 0.2) is 0 Å². The van der Waals surface area contributed by atoms with Crippen LogP contribution in [0.5, 0.6) is 0 Å². The Morgan fingerprint density at radius 2 is 1.43 bits per heavy atom. The van der Waals surface area contributed by atoms with Crippen molar-refractivity contribution in [3.63, 3.8) is 0 Å². The van der Waals surface area contributed by atoms with Gasteiger partial charge < -0.3 is 16.4 Å². The van der Waals surface area contributed by atoms with Crippen LogP contribution in [0.1, 0.15) is 0 Å². The summed E-state index contributed by atoms with van der Waals surface area (Å²) in [5.41, 5.74) is 5.97. The van der Waals surface area contributed by atoms with Crippen LogP contribution in [0.4, 0.5) is 29.0 Å². The Labute approximate surface area is 175 Å². The second kappa shape index (κ2) is 8.00. The molecule has 0 radical (unpaired) electrons. The number of nitrogens with two attached hydrogens (primary N) is 1. The fourth-order valence-electron chi connectivity index (χ4n) is 2.32. The van der Waals surface area contributed by atoms with Gasteiger partial charge in [0.25, 0.3) is 20.2 Å². The molecule has 3 aromatic rings. The zero-order valence-electron chi connectivity index (χ0n) is 14.7. The Hall–Kier alpha value is -3.04. The molecular formula is C15H13ClN6O6S2. The summed E-state index contributed by atoms with van der Waals surface area (Å²) >= 11 is 5.89. The van der Waals surface area contributed by atoms with Gasteiger partial charge in [-0.1, -0.05) is 6.07 Å². The zero-order valence-corrected chi connectivity index (χ0v) is 17.1. The Morgan fingerprint density at radius 1 is 0.833 bits per heavy atom. The van der Waals surface area contributed by atoms with Crippen LogP contribution >= 0.6 is 11.6 Å². The average molecular weight is 473 g/mol. The van der Waals surface area contributed by atoms with E-state index in [-0.39, 0.29) is 33.5 Å². The van der Waals surface area contributed by atoms with E-state index in [1.165, 1.54) is 30.3 Å². The van der Waals surface area contributed by atoms with E-state index in [0.717, 1.165) is 12.1 Å². The summed E-state index contributed by atoms with van der Waals surface area (Å²) in [6, 6.07) is 8.92. The van der Waals surface area contributed by atoms with Crippen molar-refractivity contribution in [3.8, 4) is 0 Å². The lowest BCUT2D eigenvalue weighted by Crippen LogP contribution is -2.06. The van der Waals surface area contributed by atoms with E-state index >= 15 is 0 Å². The summed E-state index contributed by atoms with van der Waals surface area (Å²) in [6.45, 7) is 0. The summed E-state index contributed by atoms with van der Waals surface area (Å²) < 4.78 is 63.2. The second-order valence-electron chi connectivity index (χ2n) is 5.73. The normalized spacial score (nSPS) is 11.8. The molecule has 0 aliphatic carbocycles. The van der Waals surface area contributed by atoms with E-state index in [9.17, 15) is 16.8 Å². The van der Waals surface area contributed by atoms with Crippen LogP contribution in [0.2, 0.25) is 5.28 Å². The minimum Gasteiger partial charge on any atom is -0.398 e. The molecule has 158 valence electrons. The van der Waals surface area contributed by atoms with Crippen molar-refractivity contribution >= 4 is 60.8 Å². The highest BCUT2D eigenvalue weighted by atomic mass is 35.5. The van der Waals surface area contributed by atoms with Gasteiger partial charge in [0.1, 0.15) is 4.90 Å². The molecule has 12 nitrogen and oxygen atoms in total. The molecule has 0 fully saturated rings. The summed E-state index contributed by atoms with van der Waals surface area (Å²) in [4.78, 5) is 11.0. The highest BCUT2D eigenvalue weighted by Crippen LogP contribution is 2.25. The number of nitrogens with one attached hydrogen (secondary N) is 2. The van der Waals surface area contributed by atoms with E-state index in [1.807, 2.05) is 0 Å². The summed E-state index contributed by atoms with van der Waals surface area (Å²) in [7, 11) is -8.87. The van der Waals surface area contributed by atoms with Crippen molar-refractivity contribution in [1.29, 1.82) is 0 Å². The Morgan fingerprint density at radius 3 is 1.97 bits per heavy atom. The van der Waals surface area contributed by atoms with Crippen LogP contribution in [0, 0.1) is 0 Å². The smallest absolute Gasteiger partial charge is 0.296 e. The molecule has 0 aliphatic heterocycles. The molecule has 0 saturated heterocycles. The van der Waals surface area contributed by atoms with Crippen LogP contribution in [0.15, 0.2) is 52.3 Å². The Balaban J connectivity index is 1.87. The van der Waals surface area contributed by atoms with Gasteiger partial charge in [-0.2, -0.15) is 31.8 Å². The largest absolute Gasteiger partial charge is 0.398 e. The maximum absolute atomic E-state index is 11.3. The maximum Gasteiger partial charge on any atom is 0.296 e. The molecule has 1 heterocycles. The van der Waals surface area contributed by atoms with Crippen LogP contribution in [0.3, 0.4) is 0 Å². The fourth-order valence-corrected chi connectivity index (χ4v) is 3.60. The highest BCUT2D eigenvalue weighted by Gasteiger charge is 2.15. The van der Waals surface area contributed by atoms with E-state index < -0.39 is 25.1 Å². The number of halogens is 1. The molecule has 30 heavy (non-hydrogen) atoms. The van der Waals surface area contributed by atoms with Gasteiger partial charge in [-0.15, -0.1) is 0 Å². The van der Waals surface area contributed by atoms with Crippen molar-refractivity contribution in [2.75, 3.05) is 16.4 Å². The van der Waals surface area contributed by atoms with Crippen LogP contribution in [0.25, 0.3) is 0 Å². The molecule has 0 unspecified atom stereocenters. The monoisotopic (exact) mass is 472 g/mol. The predicted molar refractivity (Wildman–Crippen MR) is 108 cm³/mol. The molecule has 0 saturated carbocycles. The van der Waals surface area contributed by atoms with Crippen LogP contribution in [-0.4, -0.2) is 40.9 Å². The molecule has 0 amide bonds. The number of hydrogen-bond acceptors (Lipinski definition) is 10. The first-order valence-electron chi connectivity index (χ1n) is 7.82. The third-order valence-corrected chi connectivity index (χ3v) is 5.49. The first-order valence-corrected chi connectivity index (χ1v) is 11.1. The van der Waals surface area contributed by atoms with Crippen LogP contribution in [-0.2, 0) is 20.2 Å². The van der Waals surface area contributed by atoms with Crippen molar-refractivity contribution < 1.29 is 25.9 Å². The van der Waals surface area contributed by atoms with Crippen molar-refractivity contribution in [2.24, 2.45) is 0 Å². The second-order valence-corrected chi connectivity index (χ2v) is 8.88. The molecular weight excluding hydrogens is 460 g/mol. The Kier molecular flexibility index (Phi) is 5.78. The first kappa shape index (κ1) is 21.7. The van der Waals surface area contributed by atoms with Gasteiger partial charge >= 0.3 is 0 Å². The lowest BCUT2D eigenvalue weighted by atomic mass is 10.3. The number of nitrogen functional groups attached to an aromatic ring is 1. The molecule has 15 heteroatoms. The number of hydrogen-bond donors (Lipinski definition) is 5. The van der Waals surface area contributed by atoms with Crippen molar-refractivity contribution in [3.05, 3.63) is 47.7 Å².